The summed E-state index contributed by atoms with van der Waals surface area (Å²) in [5, 5.41) is 15.7. The Balaban J connectivity index is 1.66. The van der Waals surface area contributed by atoms with Crippen molar-refractivity contribution in [3.05, 3.63) is 126 Å². The summed E-state index contributed by atoms with van der Waals surface area (Å²) in [4.78, 5) is 25.5. The molecule has 4 aromatic rings. The van der Waals surface area contributed by atoms with Crippen LogP contribution in [0.1, 0.15) is 58.6 Å². The van der Waals surface area contributed by atoms with Gasteiger partial charge in [0.2, 0.25) is 5.92 Å². The molecule has 44 heavy (non-hydrogen) atoms. The molecule has 0 aromatic heterocycles. The van der Waals surface area contributed by atoms with E-state index < -0.39 is 29.9 Å². The molecule has 3 N–H and O–H groups in total. The molecule has 0 spiro atoms. The van der Waals surface area contributed by atoms with Crippen molar-refractivity contribution < 1.29 is 28.2 Å². The average Bonchev–Trinajstić information content (AvgIpc) is 3.01. The molecule has 0 heterocycles. The maximum absolute atomic E-state index is 14.0. The lowest BCUT2D eigenvalue weighted by atomic mass is 9.87. The minimum absolute atomic E-state index is 0.0894. The summed E-state index contributed by atoms with van der Waals surface area (Å²) in [6, 6.07) is 26.4. The number of ether oxygens (including phenoxy) is 1. The zero-order chi connectivity index (χ0) is 31.3. The first kappa shape index (κ1) is 30.5. The molecule has 8 heteroatoms. The number of aryl methyl sites for hydroxylation is 1. The molecule has 0 bridgehead atoms. The molecule has 1 fully saturated rings. The number of urea groups is 1. The van der Waals surface area contributed by atoms with E-state index in [-0.39, 0.29) is 36.9 Å². The largest absolute Gasteiger partial charge is 0.488 e. The number of carbonyl (C=O) groups is 2. The number of halogens is 2. The van der Waals surface area contributed by atoms with Crippen molar-refractivity contribution in [2.75, 3.05) is 10.6 Å². The van der Waals surface area contributed by atoms with Crippen molar-refractivity contribution in [3.63, 3.8) is 0 Å². The maximum Gasteiger partial charge on any atom is 0.336 e. The van der Waals surface area contributed by atoms with Gasteiger partial charge in [0, 0.05) is 30.0 Å². The smallest absolute Gasteiger partial charge is 0.336 e. The summed E-state index contributed by atoms with van der Waals surface area (Å²) in [5.41, 5.74) is 4.47. The molecule has 226 valence electrons. The highest BCUT2D eigenvalue weighted by Gasteiger charge is 2.36. The monoisotopic (exact) mass is 596 g/mol. The van der Waals surface area contributed by atoms with Crippen LogP contribution >= 0.6 is 0 Å². The van der Waals surface area contributed by atoms with Crippen LogP contribution in [-0.4, -0.2) is 29.1 Å². The van der Waals surface area contributed by atoms with E-state index in [4.69, 9.17) is 4.74 Å². The van der Waals surface area contributed by atoms with Crippen LogP contribution in [-0.2, 0) is 0 Å². The highest BCUT2D eigenvalue weighted by Crippen LogP contribution is 2.44. The number of rotatable bonds is 9. The second kappa shape index (κ2) is 13.1. The molecule has 4 aromatic carbocycles. The van der Waals surface area contributed by atoms with Crippen LogP contribution in [0.2, 0.25) is 0 Å². The van der Waals surface area contributed by atoms with Gasteiger partial charge in [-0.2, -0.15) is 0 Å². The van der Waals surface area contributed by atoms with E-state index in [0.29, 0.717) is 28.1 Å². The number of anilines is 2. The number of hydrogen-bond acceptors (Lipinski definition) is 3. The van der Waals surface area contributed by atoms with Crippen molar-refractivity contribution in [3.8, 4) is 16.9 Å². The molecular weight excluding hydrogens is 562 g/mol. The Bertz CT molecular complexity index is 1650. The summed E-state index contributed by atoms with van der Waals surface area (Å²) in [5.74, 6) is -3.94. The summed E-state index contributed by atoms with van der Waals surface area (Å²) in [6.45, 7) is 6.02. The molecule has 1 saturated carbocycles. The van der Waals surface area contributed by atoms with Gasteiger partial charge in [-0.15, -0.1) is 6.58 Å². The number of benzene rings is 4. The second-order valence-electron chi connectivity index (χ2n) is 11.0. The van der Waals surface area contributed by atoms with E-state index in [0.717, 1.165) is 11.1 Å². The number of carbonyl (C=O) groups excluding carboxylic acids is 1. The van der Waals surface area contributed by atoms with Crippen LogP contribution in [0.5, 0.6) is 5.75 Å². The Hall–Kier alpha value is -4.98. The first-order valence-corrected chi connectivity index (χ1v) is 14.5. The Morgan fingerprint density at radius 3 is 2.27 bits per heavy atom. The highest BCUT2D eigenvalue weighted by atomic mass is 19.3. The Labute approximate surface area is 255 Å². The standard InChI is InChI=1S/C36H34F2N2O4/c1-3-28(24-9-5-4-6-10-24)31-21-25(29-11-7-8-12-30(29)34(41)42)22-32(33(31)44-27-17-19-36(37,38)20-18-27)40-35(43)39-26-15-13-23(2)14-16-26/h3-16,21-22,27-28H,1,17-20H2,2H3,(H,41,42)(H2,39,40,43). The van der Waals surface area contributed by atoms with E-state index >= 15 is 0 Å². The van der Waals surface area contributed by atoms with Gasteiger partial charge in [-0.3, -0.25) is 0 Å². The SMILES string of the molecule is C=CC(c1ccccc1)c1cc(-c2ccccc2C(=O)O)cc(NC(=O)Nc2ccc(C)cc2)c1OC1CCC(F)(F)CC1. The van der Waals surface area contributed by atoms with Gasteiger partial charge in [-0.1, -0.05) is 72.3 Å². The van der Waals surface area contributed by atoms with Gasteiger partial charge in [-0.25, -0.2) is 18.4 Å². The molecule has 0 saturated heterocycles. The summed E-state index contributed by atoms with van der Waals surface area (Å²) >= 11 is 0. The normalized spacial score (nSPS) is 15.2. The lowest BCUT2D eigenvalue weighted by molar-refractivity contribution is -0.0582. The number of hydrogen-bond donors (Lipinski definition) is 3. The lowest BCUT2D eigenvalue weighted by Crippen LogP contribution is -2.31. The molecule has 0 aliphatic heterocycles. The van der Waals surface area contributed by atoms with Gasteiger partial charge in [0.15, 0.2) is 0 Å². The van der Waals surface area contributed by atoms with Gasteiger partial charge in [0.05, 0.1) is 17.4 Å². The van der Waals surface area contributed by atoms with Crippen molar-refractivity contribution in [1.29, 1.82) is 0 Å². The van der Waals surface area contributed by atoms with E-state index in [9.17, 15) is 23.5 Å². The zero-order valence-corrected chi connectivity index (χ0v) is 24.4. The fourth-order valence-corrected chi connectivity index (χ4v) is 5.51. The number of allylic oxidation sites excluding steroid dienone is 1. The first-order chi connectivity index (χ1) is 21.1. The minimum Gasteiger partial charge on any atom is -0.488 e. The molecular formula is C36H34F2N2O4. The molecule has 1 unspecified atom stereocenters. The van der Waals surface area contributed by atoms with Crippen molar-refractivity contribution in [2.24, 2.45) is 0 Å². The first-order valence-electron chi connectivity index (χ1n) is 14.5. The van der Waals surface area contributed by atoms with Gasteiger partial charge in [-0.05, 0) is 66.8 Å². The summed E-state index contributed by atoms with van der Waals surface area (Å²) in [6.07, 6.45) is 0.946. The van der Waals surface area contributed by atoms with Crippen LogP contribution in [0.15, 0.2) is 104 Å². The van der Waals surface area contributed by atoms with E-state index in [1.165, 1.54) is 6.07 Å². The second-order valence-corrected chi connectivity index (χ2v) is 11.0. The fraction of sp³-hybridized carbons (Fsp3) is 0.222. The van der Waals surface area contributed by atoms with Gasteiger partial charge in [0.25, 0.3) is 0 Å². The lowest BCUT2D eigenvalue weighted by Gasteiger charge is -2.31. The number of nitrogens with one attached hydrogen (secondary N) is 2. The maximum atomic E-state index is 14.0. The third-order valence-corrected chi connectivity index (χ3v) is 7.82. The van der Waals surface area contributed by atoms with Gasteiger partial charge in [0.1, 0.15) is 5.75 Å². The minimum atomic E-state index is -2.74. The third-order valence-electron chi connectivity index (χ3n) is 7.82. The van der Waals surface area contributed by atoms with Crippen LogP contribution < -0.4 is 15.4 Å². The molecule has 1 aliphatic rings. The molecule has 0 radical (unpaired) electrons. The number of carboxylic acid groups (broad SMARTS) is 1. The molecule has 6 nitrogen and oxygen atoms in total. The van der Waals surface area contributed by atoms with Crippen molar-refractivity contribution in [1.82, 2.24) is 0 Å². The number of carboxylic acids is 1. The van der Waals surface area contributed by atoms with E-state index in [1.54, 1.807) is 42.5 Å². The predicted molar refractivity (Wildman–Crippen MR) is 169 cm³/mol. The third kappa shape index (κ3) is 7.14. The summed E-state index contributed by atoms with van der Waals surface area (Å²) in [7, 11) is 0. The topological polar surface area (TPSA) is 87.7 Å². The van der Waals surface area contributed by atoms with Gasteiger partial charge >= 0.3 is 12.0 Å². The molecule has 2 amide bonds. The quantitative estimate of drug-likeness (QED) is 0.168. The van der Waals surface area contributed by atoms with E-state index in [1.807, 2.05) is 55.5 Å². The highest BCUT2D eigenvalue weighted by molar-refractivity contribution is 6.02. The Kier molecular flexibility index (Phi) is 9.09. The van der Waals surface area contributed by atoms with Crippen molar-refractivity contribution >= 4 is 23.4 Å². The van der Waals surface area contributed by atoms with Gasteiger partial charge < -0.3 is 20.5 Å². The average molecular weight is 597 g/mol. The van der Waals surface area contributed by atoms with Crippen LogP contribution in [0.25, 0.3) is 11.1 Å². The van der Waals surface area contributed by atoms with Crippen LogP contribution in [0.3, 0.4) is 0 Å². The van der Waals surface area contributed by atoms with Crippen LogP contribution in [0, 0.1) is 6.92 Å². The van der Waals surface area contributed by atoms with Crippen molar-refractivity contribution in [2.45, 2.75) is 50.6 Å². The Morgan fingerprint density at radius 2 is 1.61 bits per heavy atom. The molecule has 1 atom stereocenters. The number of aromatic carboxylic acids is 1. The molecule has 5 rings (SSSR count). The zero-order valence-electron chi connectivity index (χ0n) is 24.4. The number of amides is 2. The van der Waals surface area contributed by atoms with Crippen LogP contribution in [0.4, 0.5) is 25.0 Å². The summed E-state index contributed by atoms with van der Waals surface area (Å²) < 4.78 is 34.6. The van der Waals surface area contributed by atoms with E-state index in [2.05, 4.69) is 17.2 Å². The molecule has 1 aliphatic carbocycles. The predicted octanol–water partition coefficient (Wildman–Crippen LogP) is 9.28. The fourth-order valence-electron chi connectivity index (χ4n) is 5.51. The Morgan fingerprint density at radius 1 is 0.955 bits per heavy atom. The number of alkyl halides is 2.